The van der Waals surface area contributed by atoms with Gasteiger partial charge in [-0.3, -0.25) is 4.79 Å². The summed E-state index contributed by atoms with van der Waals surface area (Å²) in [7, 11) is 1.94. The minimum atomic E-state index is 0.112. The van der Waals surface area contributed by atoms with Gasteiger partial charge in [-0.15, -0.1) is 0 Å². The highest BCUT2D eigenvalue weighted by Gasteiger charge is 2.27. The van der Waals surface area contributed by atoms with Crippen LogP contribution in [-0.2, 0) is 4.79 Å². The molecular weight excluding hydrogens is 176 g/mol. The van der Waals surface area contributed by atoms with Crippen molar-refractivity contribution in [2.24, 2.45) is 5.92 Å². The van der Waals surface area contributed by atoms with Gasteiger partial charge in [0.05, 0.1) is 0 Å². The molecule has 0 aromatic carbocycles. The Balaban J connectivity index is 2.30. The average molecular weight is 198 g/mol. The zero-order valence-corrected chi connectivity index (χ0v) is 9.55. The van der Waals surface area contributed by atoms with Gasteiger partial charge < -0.3 is 10.2 Å². The summed E-state index contributed by atoms with van der Waals surface area (Å²) in [5.74, 6) is 0.399. The standard InChI is InChI=1S/C11H22N2O/c1-4-12-8-9(2)11(14)13(3)10-6-5-7-10/h9-10,12H,4-8H2,1-3H3. The minimum Gasteiger partial charge on any atom is -0.343 e. The van der Waals surface area contributed by atoms with Crippen LogP contribution in [0.25, 0.3) is 0 Å². The number of amides is 1. The van der Waals surface area contributed by atoms with Crippen molar-refractivity contribution in [1.29, 1.82) is 0 Å². The fraction of sp³-hybridized carbons (Fsp3) is 0.909. The fourth-order valence-electron chi connectivity index (χ4n) is 1.75. The molecule has 1 amide bonds. The van der Waals surface area contributed by atoms with E-state index in [4.69, 9.17) is 0 Å². The molecule has 0 saturated heterocycles. The van der Waals surface area contributed by atoms with Gasteiger partial charge >= 0.3 is 0 Å². The molecule has 14 heavy (non-hydrogen) atoms. The van der Waals surface area contributed by atoms with Crippen LogP contribution in [0.2, 0.25) is 0 Å². The fourth-order valence-corrected chi connectivity index (χ4v) is 1.75. The number of rotatable bonds is 5. The van der Waals surface area contributed by atoms with Gasteiger partial charge in [0.2, 0.25) is 5.91 Å². The number of carbonyl (C=O) groups is 1. The summed E-state index contributed by atoms with van der Waals surface area (Å²) in [5.41, 5.74) is 0. The molecule has 0 aliphatic heterocycles. The van der Waals surface area contributed by atoms with Crippen LogP contribution in [0, 0.1) is 5.92 Å². The molecule has 1 rings (SSSR count). The third-order valence-electron chi connectivity index (χ3n) is 3.09. The Morgan fingerprint density at radius 3 is 2.64 bits per heavy atom. The van der Waals surface area contributed by atoms with Crippen LogP contribution in [-0.4, -0.2) is 37.0 Å². The molecule has 0 bridgehead atoms. The summed E-state index contributed by atoms with van der Waals surface area (Å²) in [4.78, 5) is 13.8. The minimum absolute atomic E-state index is 0.112. The SMILES string of the molecule is CCNCC(C)C(=O)N(C)C1CCC1. The van der Waals surface area contributed by atoms with Gasteiger partial charge in [0.25, 0.3) is 0 Å². The molecule has 0 spiro atoms. The van der Waals surface area contributed by atoms with E-state index in [2.05, 4.69) is 12.2 Å². The van der Waals surface area contributed by atoms with Crippen molar-refractivity contribution in [3.8, 4) is 0 Å². The molecular formula is C11H22N2O. The third kappa shape index (κ3) is 2.71. The molecule has 3 nitrogen and oxygen atoms in total. The van der Waals surface area contributed by atoms with Crippen LogP contribution in [0.15, 0.2) is 0 Å². The monoisotopic (exact) mass is 198 g/mol. The summed E-state index contributed by atoms with van der Waals surface area (Å²) >= 11 is 0. The lowest BCUT2D eigenvalue weighted by Gasteiger charge is -2.36. The van der Waals surface area contributed by atoms with E-state index in [0.717, 1.165) is 13.1 Å². The van der Waals surface area contributed by atoms with Crippen LogP contribution >= 0.6 is 0 Å². The van der Waals surface area contributed by atoms with Crippen LogP contribution in [0.3, 0.4) is 0 Å². The van der Waals surface area contributed by atoms with Gasteiger partial charge in [-0.25, -0.2) is 0 Å². The first-order valence-electron chi connectivity index (χ1n) is 5.64. The van der Waals surface area contributed by atoms with E-state index in [1.807, 2.05) is 18.9 Å². The molecule has 1 N–H and O–H groups in total. The second kappa shape index (κ2) is 5.35. The Labute approximate surface area is 86.9 Å². The molecule has 0 aromatic heterocycles. The number of carbonyl (C=O) groups excluding carboxylic acids is 1. The van der Waals surface area contributed by atoms with E-state index in [9.17, 15) is 4.79 Å². The van der Waals surface area contributed by atoms with Crippen LogP contribution in [0.4, 0.5) is 0 Å². The van der Waals surface area contributed by atoms with Gasteiger partial charge in [0, 0.05) is 25.6 Å². The number of nitrogens with zero attached hydrogens (tertiary/aromatic N) is 1. The zero-order valence-electron chi connectivity index (χ0n) is 9.55. The largest absolute Gasteiger partial charge is 0.343 e. The summed E-state index contributed by atoms with van der Waals surface area (Å²) in [6, 6.07) is 0.520. The lowest BCUT2D eigenvalue weighted by atomic mass is 9.91. The average Bonchev–Trinajstić information content (AvgIpc) is 2.10. The Hall–Kier alpha value is -0.570. The molecule has 1 aliphatic carbocycles. The molecule has 1 unspecified atom stereocenters. The number of hydrogen-bond acceptors (Lipinski definition) is 2. The highest BCUT2D eigenvalue weighted by Crippen LogP contribution is 2.24. The van der Waals surface area contributed by atoms with Gasteiger partial charge in [-0.2, -0.15) is 0 Å². The van der Waals surface area contributed by atoms with E-state index in [1.54, 1.807) is 0 Å². The van der Waals surface area contributed by atoms with Gasteiger partial charge in [0.1, 0.15) is 0 Å². The first kappa shape index (κ1) is 11.5. The lowest BCUT2D eigenvalue weighted by Crippen LogP contribution is -2.45. The molecule has 1 aliphatic rings. The molecule has 0 heterocycles. The second-order valence-electron chi connectivity index (χ2n) is 4.24. The predicted octanol–water partition coefficient (Wildman–Crippen LogP) is 1.24. The summed E-state index contributed by atoms with van der Waals surface area (Å²) in [6.45, 7) is 5.80. The van der Waals surface area contributed by atoms with Crippen molar-refractivity contribution in [1.82, 2.24) is 10.2 Å². The van der Waals surface area contributed by atoms with Gasteiger partial charge in [0.15, 0.2) is 0 Å². The van der Waals surface area contributed by atoms with Crippen molar-refractivity contribution in [2.45, 2.75) is 39.2 Å². The van der Waals surface area contributed by atoms with E-state index in [1.165, 1.54) is 19.3 Å². The molecule has 1 saturated carbocycles. The molecule has 1 atom stereocenters. The van der Waals surface area contributed by atoms with Crippen molar-refractivity contribution in [3.05, 3.63) is 0 Å². The van der Waals surface area contributed by atoms with Crippen molar-refractivity contribution in [3.63, 3.8) is 0 Å². The van der Waals surface area contributed by atoms with Crippen LogP contribution in [0.5, 0.6) is 0 Å². The highest BCUT2D eigenvalue weighted by atomic mass is 16.2. The van der Waals surface area contributed by atoms with E-state index in [0.29, 0.717) is 6.04 Å². The Morgan fingerprint density at radius 2 is 2.21 bits per heavy atom. The molecule has 3 heteroatoms. The Morgan fingerprint density at radius 1 is 1.57 bits per heavy atom. The normalized spacial score (nSPS) is 18.8. The quantitative estimate of drug-likeness (QED) is 0.721. The van der Waals surface area contributed by atoms with Crippen molar-refractivity contribution >= 4 is 5.91 Å². The first-order valence-corrected chi connectivity index (χ1v) is 5.64. The highest BCUT2D eigenvalue weighted by molar-refractivity contribution is 5.78. The Kier molecular flexibility index (Phi) is 4.39. The first-order chi connectivity index (χ1) is 6.66. The van der Waals surface area contributed by atoms with Crippen LogP contribution in [0.1, 0.15) is 33.1 Å². The molecule has 0 radical (unpaired) electrons. The van der Waals surface area contributed by atoms with Gasteiger partial charge in [-0.1, -0.05) is 13.8 Å². The van der Waals surface area contributed by atoms with Crippen LogP contribution < -0.4 is 5.32 Å². The van der Waals surface area contributed by atoms with Crippen molar-refractivity contribution in [2.75, 3.05) is 20.1 Å². The van der Waals surface area contributed by atoms with E-state index >= 15 is 0 Å². The zero-order chi connectivity index (χ0) is 10.6. The van der Waals surface area contributed by atoms with Gasteiger partial charge in [-0.05, 0) is 25.8 Å². The summed E-state index contributed by atoms with van der Waals surface area (Å²) < 4.78 is 0. The summed E-state index contributed by atoms with van der Waals surface area (Å²) in [6.07, 6.45) is 3.66. The maximum absolute atomic E-state index is 11.9. The smallest absolute Gasteiger partial charge is 0.226 e. The third-order valence-corrected chi connectivity index (χ3v) is 3.09. The topological polar surface area (TPSA) is 32.3 Å². The molecule has 82 valence electrons. The number of hydrogen-bond donors (Lipinski definition) is 1. The van der Waals surface area contributed by atoms with E-state index in [-0.39, 0.29) is 11.8 Å². The van der Waals surface area contributed by atoms with Crippen molar-refractivity contribution < 1.29 is 4.79 Å². The molecule has 1 fully saturated rings. The summed E-state index contributed by atoms with van der Waals surface area (Å²) in [5, 5.41) is 3.21. The molecule has 0 aromatic rings. The Bertz CT molecular complexity index is 190. The predicted molar refractivity (Wildman–Crippen MR) is 58.1 cm³/mol. The maximum atomic E-state index is 11.9. The lowest BCUT2D eigenvalue weighted by molar-refractivity contribution is -0.137. The number of nitrogens with one attached hydrogen (secondary N) is 1. The second-order valence-corrected chi connectivity index (χ2v) is 4.24. The maximum Gasteiger partial charge on any atom is 0.226 e. The van der Waals surface area contributed by atoms with E-state index < -0.39 is 0 Å².